The highest BCUT2D eigenvalue weighted by Crippen LogP contribution is 2.08. The van der Waals surface area contributed by atoms with Crippen LogP contribution in [0.15, 0.2) is 36.6 Å². The molecule has 0 atom stereocenters. The molecule has 0 radical (unpaired) electrons. The van der Waals surface area contributed by atoms with Crippen LogP contribution in [0.3, 0.4) is 0 Å². The lowest BCUT2D eigenvalue weighted by atomic mass is 10.1. The van der Waals surface area contributed by atoms with Crippen molar-refractivity contribution in [3.63, 3.8) is 0 Å². The van der Waals surface area contributed by atoms with Crippen molar-refractivity contribution in [2.45, 2.75) is 71.6 Å². The lowest BCUT2D eigenvalue weighted by Crippen LogP contribution is -1.88. The van der Waals surface area contributed by atoms with Crippen LogP contribution < -0.4 is 0 Å². The first-order valence-corrected chi connectivity index (χ1v) is 7.91. The average Bonchev–Trinajstić information content (AvgIpc) is 2.43. The van der Waals surface area contributed by atoms with Crippen LogP contribution in [0.5, 0.6) is 0 Å². The molecule has 0 aliphatic rings. The summed E-state index contributed by atoms with van der Waals surface area (Å²) in [6.07, 6.45) is 23.1. The summed E-state index contributed by atoms with van der Waals surface area (Å²) in [6.45, 7) is 3.65. The molecule has 0 rings (SSSR count). The SMILES string of the molecule is CCCCCCCCCC=CC=CC/C=C\OC(C)=O. The van der Waals surface area contributed by atoms with Gasteiger partial charge in [-0.3, -0.25) is 4.79 Å². The van der Waals surface area contributed by atoms with E-state index >= 15 is 0 Å². The molecule has 2 heteroatoms. The van der Waals surface area contributed by atoms with Crippen LogP contribution in [0.4, 0.5) is 0 Å². The number of hydrogen-bond acceptors (Lipinski definition) is 2. The Bertz CT molecular complexity index is 301. The van der Waals surface area contributed by atoms with Crippen LogP contribution in [-0.2, 0) is 9.53 Å². The third kappa shape index (κ3) is 16.7. The van der Waals surface area contributed by atoms with Gasteiger partial charge in [-0.05, 0) is 25.3 Å². The summed E-state index contributed by atoms with van der Waals surface area (Å²) in [5.41, 5.74) is 0. The molecule has 0 aliphatic heterocycles. The van der Waals surface area contributed by atoms with Gasteiger partial charge in [0, 0.05) is 6.92 Å². The van der Waals surface area contributed by atoms with Crippen molar-refractivity contribution < 1.29 is 9.53 Å². The molecule has 20 heavy (non-hydrogen) atoms. The van der Waals surface area contributed by atoms with Crippen LogP contribution in [0.25, 0.3) is 0 Å². The molecule has 0 aromatic heterocycles. The Morgan fingerprint density at radius 2 is 1.55 bits per heavy atom. The van der Waals surface area contributed by atoms with Crippen LogP contribution in [0.1, 0.15) is 71.6 Å². The van der Waals surface area contributed by atoms with Crippen molar-refractivity contribution in [1.82, 2.24) is 0 Å². The number of allylic oxidation sites excluding steroid dienone is 5. The van der Waals surface area contributed by atoms with Crippen molar-refractivity contribution >= 4 is 5.97 Å². The van der Waals surface area contributed by atoms with Crippen LogP contribution >= 0.6 is 0 Å². The Labute approximate surface area is 124 Å². The van der Waals surface area contributed by atoms with Gasteiger partial charge in [0.05, 0.1) is 6.26 Å². The summed E-state index contributed by atoms with van der Waals surface area (Å²) in [6, 6.07) is 0. The first kappa shape index (κ1) is 18.7. The molecule has 2 nitrogen and oxygen atoms in total. The van der Waals surface area contributed by atoms with Gasteiger partial charge < -0.3 is 4.74 Å². The van der Waals surface area contributed by atoms with E-state index in [0.29, 0.717) is 0 Å². The van der Waals surface area contributed by atoms with E-state index in [2.05, 4.69) is 23.8 Å². The molecule has 0 heterocycles. The molecule has 0 N–H and O–H groups in total. The Morgan fingerprint density at radius 1 is 0.900 bits per heavy atom. The second-order valence-corrected chi connectivity index (χ2v) is 4.98. The Hall–Kier alpha value is -1.31. The molecule has 114 valence electrons. The molecule has 0 unspecified atom stereocenters. The molecular weight excluding hydrogens is 248 g/mol. The minimum atomic E-state index is -0.278. The molecule has 0 spiro atoms. The zero-order valence-electron chi connectivity index (χ0n) is 13.1. The number of ether oxygens (including phenoxy) is 1. The molecule has 0 saturated carbocycles. The largest absolute Gasteiger partial charge is 0.435 e. The van der Waals surface area contributed by atoms with Crippen molar-refractivity contribution in [2.24, 2.45) is 0 Å². The second-order valence-electron chi connectivity index (χ2n) is 4.98. The maximum atomic E-state index is 10.5. The van der Waals surface area contributed by atoms with Crippen molar-refractivity contribution in [3.05, 3.63) is 36.6 Å². The molecule has 0 amide bonds. The molecule has 0 aliphatic carbocycles. The Morgan fingerprint density at radius 3 is 2.25 bits per heavy atom. The third-order valence-corrected chi connectivity index (χ3v) is 2.96. The van der Waals surface area contributed by atoms with E-state index in [4.69, 9.17) is 0 Å². The maximum Gasteiger partial charge on any atom is 0.307 e. The fraction of sp³-hybridized carbons (Fsp3) is 0.611. The minimum absolute atomic E-state index is 0.278. The Kier molecular flexibility index (Phi) is 14.7. The lowest BCUT2D eigenvalue weighted by molar-refractivity contribution is -0.135. The van der Waals surface area contributed by atoms with E-state index in [1.807, 2.05) is 18.2 Å². The average molecular weight is 278 g/mol. The van der Waals surface area contributed by atoms with E-state index in [9.17, 15) is 4.79 Å². The summed E-state index contributed by atoms with van der Waals surface area (Å²) in [5, 5.41) is 0. The van der Waals surface area contributed by atoms with Crippen molar-refractivity contribution in [1.29, 1.82) is 0 Å². The van der Waals surface area contributed by atoms with Gasteiger partial charge in [0.2, 0.25) is 0 Å². The molecule has 0 aromatic carbocycles. The monoisotopic (exact) mass is 278 g/mol. The van der Waals surface area contributed by atoms with E-state index in [-0.39, 0.29) is 5.97 Å². The highest BCUT2D eigenvalue weighted by Gasteiger charge is 1.88. The van der Waals surface area contributed by atoms with Gasteiger partial charge in [0.1, 0.15) is 0 Å². The van der Waals surface area contributed by atoms with Gasteiger partial charge in [-0.2, -0.15) is 0 Å². The highest BCUT2D eigenvalue weighted by molar-refractivity contribution is 5.66. The van der Waals surface area contributed by atoms with Gasteiger partial charge in [0.25, 0.3) is 0 Å². The summed E-state index contributed by atoms with van der Waals surface area (Å²) in [5.74, 6) is -0.278. The number of hydrogen-bond donors (Lipinski definition) is 0. The third-order valence-electron chi connectivity index (χ3n) is 2.96. The molecule has 0 fully saturated rings. The normalized spacial score (nSPS) is 11.9. The van der Waals surface area contributed by atoms with Crippen molar-refractivity contribution in [3.8, 4) is 0 Å². The summed E-state index contributed by atoms with van der Waals surface area (Å²) in [4.78, 5) is 10.5. The zero-order valence-corrected chi connectivity index (χ0v) is 13.1. The van der Waals surface area contributed by atoms with Gasteiger partial charge >= 0.3 is 5.97 Å². The lowest BCUT2D eigenvalue weighted by Gasteiger charge is -1.98. The van der Waals surface area contributed by atoms with E-state index in [0.717, 1.165) is 6.42 Å². The summed E-state index contributed by atoms with van der Waals surface area (Å²) in [7, 11) is 0. The van der Waals surface area contributed by atoms with Crippen LogP contribution in [-0.4, -0.2) is 5.97 Å². The van der Waals surface area contributed by atoms with Crippen LogP contribution in [0, 0.1) is 0 Å². The standard InChI is InChI=1S/C18H30O2/c1-3-4-5-6-7-8-9-10-11-12-13-14-15-16-17-20-18(2)19/h11-14,16-17H,3-10,15H2,1-2H3/b12-11?,14-13?,17-16-. The van der Waals surface area contributed by atoms with E-state index in [1.165, 1.54) is 64.6 Å². The predicted octanol–water partition coefficient (Wildman–Crippen LogP) is 5.71. The van der Waals surface area contributed by atoms with Gasteiger partial charge in [-0.25, -0.2) is 0 Å². The van der Waals surface area contributed by atoms with Crippen molar-refractivity contribution in [2.75, 3.05) is 0 Å². The molecule has 0 saturated heterocycles. The molecule has 0 bridgehead atoms. The van der Waals surface area contributed by atoms with Gasteiger partial charge in [-0.1, -0.05) is 69.8 Å². The number of carbonyl (C=O) groups is 1. The first-order valence-electron chi connectivity index (χ1n) is 7.91. The smallest absolute Gasteiger partial charge is 0.307 e. The number of unbranched alkanes of at least 4 members (excludes halogenated alkanes) is 7. The van der Waals surface area contributed by atoms with Gasteiger partial charge in [0.15, 0.2) is 0 Å². The first-order chi connectivity index (χ1) is 9.77. The maximum absolute atomic E-state index is 10.5. The van der Waals surface area contributed by atoms with Crippen LogP contribution in [0.2, 0.25) is 0 Å². The number of carbonyl (C=O) groups excluding carboxylic acids is 1. The fourth-order valence-electron chi connectivity index (χ4n) is 1.83. The molecular formula is C18H30O2. The predicted molar refractivity (Wildman–Crippen MR) is 86.4 cm³/mol. The number of rotatable bonds is 12. The summed E-state index contributed by atoms with van der Waals surface area (Å²) < 4.78 is 4.68. The van der Waals surface area contributed by atoms with Gasteiger partial charge in [-0.15, -0.1) is 0 Å². The van der Waals surface area contributed by atoms with E-state index in [1.54, 1.807) is 0 Å². The highest BCUT2D eigenvalue weighted by atomic mass is 16.5. The molecule has 0 aromatic rings. The Balaban J connectivity index is 3.30. The van der Waals surface area contributed by atoms with E-state index < -0.39 is 0 Å². The second kappa shape index (κ2) is 15.7. The summed E-state index contributed by atoms with van der Waals surface area (Å²) >= 11 is 0. The fourth-order valence-corrected chi connectivity index (χ4v) is 1.83. The number of esters is 1. The topological polar surface area (TPSA) is 26.3 Å². The minimum Gasteiger partial charge on any atom is -0.435 e. The zero-order chi connectivity index (χ0) is 14.9. The quantitative estimate of drug-likeness (QED) is 0.198.